The Hall–Kier alpha value is -3.99. The number of aromatic nitrogens is 2. The Bertz CT molecular complexity index is 1320. The molecule has 0 radical (unpaired) electrons. The molecule has 0 amide bonds. The van der Waals surface area contributed by atoms with Crippen molar-refractivity contribution in [3.63, 3.8) is 0 Å². The maximum atomic E-state index is 13.1. The predicted molar refractivity (Wildman–Crippen MR) is 112 cm³/mol. The van der Waals surface area contributed by atoms with Gasteiger partial charge in [-0.25, -0.2) is 0 Å². The number of para-hydroxylation sites is 3. The molecule has 2 aromatic heterocycles. The molecule has 0 unspecified atom stereocenters. The van der Waals surface area contributed by atoms with Crippen molar-refractivity contribution in [2.75, 3.05) is 6.79 Å². The van der Waals surface area contributed by atoms with E-state index in [1.807, 2.05) is 79.0 Å². The van der Waals surface area contributed by atoms with E-state index in [9.17, 15) is 4.79 Å². The minimum absolute atomic E-state index is 0.0185. The second-order valence-electron chi connectivity index (χ2n) is 6.64. The Balaban J connectivity index is 1.37. The molecule has 5 heteroatoms. The molecule has 29 heavy (non-hydrogen) atoms. The number of benzene rings is 3. The highest BCUT2D eigenvalue weighted by atomic mass is 16.8. The van der Waals surface area contributed by atoms with Gasteiger partial charge in [0.2, 0.25) is 0 Å². The summed E-state index contributed by atoms with van der Waals surface area (Å²) in [5, 5.41) is 2.10. The van der Waals surface area contributed by atoms with Crippen LogP contribution in [0.4, 0.5) is 0 Å². The van der Waals surface area contributed by atoms with Gasteiger partial charge in [-0.1, -0.05) is 48.5 Å². The molecule has 5 nitrogen and oxygen atoms in total. The Morgan fingerprint density at radius 3 is 2.24 bits per heavy atom. The van der Waals surface area contributed by atoms with Crippen LogP contribution < -0.4 is 9.57 Å². The van der Waals surface area contributed by atoms with Gasteiger partial charge in [0, 0.05) is 23.2 Å². The van der Waals surface area contributed by atoms with E-state index < -0.39 is 0 Å². The van der Waals surface area contributed by atoms with Gasteiger partial charge in [-0.05, 0) is 36.4 Å². The molecule has 0 atom stereocenters. The molecule has 0 fully saturated rings. The van der Waals surface area contributed by atoms with Gasteiger partial charge in [-0.3, -0.25) is 9.36 Å². The molecule has 142 valence electrons. The molecule has 0 aliphatic heterocycles. The van der Waals surface area contributed by atoms with E-state index >= 15 is 0 Å². The lowest BCUT2D eigenvalue weighted by Gasteiger charge is -2.13. The summed E-state index contributed by atoms with van der Waals surface area (Å²) < 4.78 is 9.12. The molecule has 2 heterocycles. The predicted octanol–water partition coefficient (Wildman–Crippen LogP) is 4.75. The van der Waals surface area contributed by atoms with Crippen molar-refractivity contribution in [1.29, 1.82) is 0 Å². The van der Waals surface area contributed by atoms with Crippen LogP contribution in [0.3, 0.4) is 0 Å². The van der Waals surface area contributed by atoms with Gasteiger partial charge in [0.15, 0.2) is 0 Å². The zero-order chi connectivity index (χ0) is 19.6. The van der Waals surface area contributed by atoms with Gasteiger partial charge < -0.3 is 9.57 Å². The van der Waals surface area contributed by atoms with E-state index in [0.717, 1.165) is 21.8 Å². The number of ether oxygens (including phenoxy) is 1. The lowest BCUT2D eigenvalue weighted by Crippen LogP contribution is -2.18. The SMILES string of the molecule is O=C(c1ccccc1OCOn1ccc2ccccc21)n1ccc2ccccc21. The first-order valence-electron chi connectivity index (χ1n) is 9.33. The van der Waals surface area contributed by atoms with Crippen molar-refractivity contribution in [1.82, 2.24) is 9.30 Å². The topological polar surface area (TPSA) is 45.4 Å². The summed E-state index contributed by atoms with van der Waals surface area (Å²) >= 11 is 0. The van der Waals surface area contributed by atoms with Crippen molar-refractivity contribution in [2.24, 2.45) is 0 Å². The van der Waals surface area contributed by atoms with Crippen LogP contribution >= 0.6 is 0 Å². The Morgan fingerprint density at radius 2 is 1.38 bits per heavy atom. The zero-order valence-corrected chi connectivity index (χ0v) is 15.6. The summed E-state index contributed by atoms with van der Waals surface area (Å²) in [5.74, 6) is 0.333. The van der Waals surface area contributed by atoms with Gasteiger partial charge >= 0.3 is 0 Å². The lowest BCUT2D eigenvalue weighted by atomic mass is 10.2. The average Bonchev–Trinajstić information content (AvgIpc) is 3.38. The van der Waals surface area contributed by atoms with E-state index in [0.29, 0.717) is 11.3 Å². The number of hydrogen-bond donors (Lipinski definition) is 0. The summed E-state index contributed by atoms with van der Waals surface area (Å²) in [6.07, 6.45) is 3.63. The number of rotatable bonds is 5. The van der Waals surface area contributed by atoms with Crippen LogP contribution in [0.25, 0.3) is 21.8 Å². The van der Waals surface area contributed by atoms with Crippen molar-refractivity contribution >= 4 is 27.7 Å². The third-order valence-electron chi connectivity index (χ3n) is 4.91. The molecule has 0 saturated heterocycles. The molecule has 0 spiro atoms. The summed E-state index contributed by atoms with van der Waals surface area (Å²) in [5.41, 5.74) is 2.30. The van der Waals surface area contributed by atoms with Crippen molar-refractivity contribution in [2.45, 2.75) is 0 Å². The van der Waals surface area contributed by atoms with Gasteiger partial charge in [0.05, 0.1) is 16.6 Å². The zero-order valence-electron chi connectivity index (χ0n) is 15.6. The largest absolute Gasteiger partial charge is 0.454 e. The van der Waals surface area contributed by atoms with Crippen LogP contribution in [0.5, 0.6) is 5.75 Å². The van der Waals surface area contributed by atoms with Crippen LogP contribution in [0, 0.1) is 0 Å². The summed E-state index contributed by atoms with van der Waals surface area (Å²) in [6, 6.07) is 26.8. The number of carbonyl (C=O) groups is 1. The molecule has 5 rings (SSSR count). The second-order valence-corrected chi connectivity index (χ2v) is 6.64. The number of fused-ring (bicyclic) bond motifs is 2. The summed E-state index contributed by atoms with van der Waals surface area (Å²) in [7, 11) is 0. The minimum Gasteiger partial charge on any atom is -0.454 e. The first-order valence-corrected chi connectivity index (χ1v) is 9.33. The molecule has 5 aromatic rings. The molecular weight excluding hydrogens is 364 g/mol. The van der Waals surface area contributed by atoms with Crippen LogP contribution in [-0.4, -0.2) is 22.0 Å². The highest BCUT2D eigenvalue weighted by molar-refractivity contribution is 6.03. The third kappa shape index (κ3) is 3.12. The fourth-order valence-corrected chi connectivity index (χ4v) is 3.48. The number of carbonyl (C=O) groups excluding carboxylic acids is 1. The quantitative estimate of drug-likeness (QED) is 0.412. The van der Waals surface area contributed by atoms with E-state index in [4.69, 9.17) is 9.57 Å². The lowest BCUT2D eigenvalue weighted by molar-refractivity contribution is 0.00961. The van der Waals surface area contributed by atoms with Gasteiger partial charge in [0.25, 0.3) is 12.7 Å². The van der Waals surface area contributed by atoms with Gasteiger partial charge in [0.1, 0.15) is 5.75 Å². The fourth-order valence-electron chi connectivity index (χ4n) is 3.48. The second kappa shape index (κ2) is 7.20. The number of hydrogen-bond acceptors (Lipinski definition) is 3. The van der Waals surface area contributed by atoms with Gasteiger partial charge in [-0.2, -0.15) is 4.73 Å². The molecule has 0 N–H and O–H groups in total. The first kappa shape index (κ1) is 17.1. The highest BCUT2D eigenvalue weighted by Crippen LogP contribution is 2.23. The van der Waals surface area contributed by atoms with Crippen LogP contribution in [0.2, 0.25) is 0 Å². The van der Waals surface area contributed by atoms with Crippen LogP contribution in [0.15, 0.2) is 97.3 Å². The minimum atomic E-state index is -0.145. The average molecular weight is 382 g/mol. The molecule has 0 bridgehead atoms. The maximum Gasteiger partial charge on any atom is 0.266 e. The van der Waals surface area contributed by atoms with E-state index in [1.54, 1.807) is 27.6 Å². The van der Waals surface area contributed by atoms with Crippen LogP contribution in [-0.2, 0) is 0 Å². The Labute approximate surface area is 167 Å². The molecular formula is C24H18N2O3. The summed E-state index contributed by atoms with van der Waals surface area (Å²) in [4.78, 5) is 18.9. The molecule has 0 aliphatic rings. The maximum absolute atomic E-state index is 13.1. The van der Waals surface area contributed by atoms with Crippen molar-refractivity contribution in [3.05, 3.63) is 103 Å². The van der Waals surface area contributed by atoms with Crippen molar-refractivity contribution < 1.29 is 14.4 Å². The highest BCUT2D eigenvalue weighted by Gasteiger charge is 2.16. The standard InChI is InChI=1S/C24H18N2O3/c27-24(25-15-13-18-7-1-4-10-21(18)25)20-9-3-6-12-23(20)28-17-29-26-16-14-19-8-2-5-11-22(19)26/h1-16H,17H2. The van der Waals surface area contributed by atoms with Crippen molar-refractivity contribution in [3.8, 4) is 5.75 Å². The smallest absolute Gasteiger partial charge is 0.266 e. The number of nitrogens with zero attached hydrogens (tertiary/aromatic N) is 2. The fraction of sp³-hybridized carbons (Fsp3) is 0.0417. The molecule has 0 aliphatic carbocycles. The molecule has 0 saturated carbocycles. The van der Waals surface area contributed by atoms with Crippen LogP contribution in [0.1, 0.15) is 10.4 Å². The van der Waals surface area contributed by atoms with E-state index in [1.165, 1.54) is 0 Å². The Morgan fingerprint density at radius 1 is 0.724 bits per heavy atom. The normalized spacial score (nSPS) is 11.0. The first-order chi connectivity index (χ1) is 14.3. The van der Waals surface area contributed by atoms with E-state index in [2.05, 4.69) is 0 Å². The third-order valence-corrected chi connectivity index (χ3v) is 4.91. The van der Waals surface area contributed by atoms with Gasteiger partial charge in [-0.15, -0.1) is 0 Å². The Kier molecular flexibility index (Phi) is 4.26. The monoisotopic (exact) mass is 382 g/mol. The van der Waals surface area contributed by atoms with E-state index in [-0.39, 0.29) is 12.7 Å². The summed E-state index contributed by atoms with van der Waals surface area (Å²) in [6.45, 7) is -0.0185. The molecule has 3 aromatic carbocycles.